The van der Waals surface area contributed by atoms with Crippen LogP contribution in [0.4, 0.5) is 0 Å². The van der Waals surface area contributed by atoms with Crippen molar-refractivity contribution in [3.63, 3.8) is 0 Å². The molecule has 1 aliphatic heterocycles. The number of aromatic nitrogens is 1. The van der Waals surface area contributed by atoms with Crippen LogP contribution in [0.5, 0.6) is 5.75 Å². The topological polar surface area (TPSA) is 69.9 Å². The van der Waals surface area contributed by atoms with Gasteiger partial charge in [0.1, 0.15) is 12.4 Å². The van der Waals surface area contributed by atoms with Crippen LogP contribution >= 0.6 is 68.1 Å². The summed E-state index contributed by atoms with van der Waals surface area (Å²) in [5, 5.41) is 0.644. The van der Waals surface area contributed by atoms with Crippen molar-refractivity contribution >= 4 is 80.2 Å². The van der Waals surface area contributed by atoms with Crippen LogP contribution in [0.1, 0.15) is 36.1 Å². The third-order valence-electron chi connectivity index (χ3n) is 6.36. The van der Waals surface area contributed by atoms with Gasteiger partial charge in [-0.05, 0) is 93.1 Å². The van der Waals surface area contributed by atoms with E-state index in [2.05, 4.69) is 45.2 Å². The molecule has 2 heterocycles. The number of allylic oxidation sites excluding steroid dienone is 1. The second-order valence-electron chi connectivity index (χ2n) is 8.92. The largest absolute Gasteiger partial charge is 0.487 e. The molecule has 5 rings (SSSR count). The van der Waals surface area contributed by atoms with Gasteiger partial charge >= 0.3 is 5.97 Å². The number of thiazole rings is 1. The van der Waals surface area contributed by atoms with E-state index in [-0.39, 0.29) is 5.56 Å². The molecule has 0 radical (unpaired) electrons. The van der Waals surface area contributed by atoms with Crippen LogP contribution in [0.2, 0.25) is 5.02 Å². The smallest absolute Gasteiger partial charge is 0.338 e. The molecule has 0 saturated carbocycles. The quantitative estimate of drug-likeness (QED) is 0.164. The van der Waals surface area contributed by atoms with Crippen LogP contribution in [0.25, 0.3) is 6.08 Å². The number of hydrogen-bond acceptors (Lipinski definition) is 6. The van der Waals surface area contributed by atoms with Crippen molar-refractivity contribution < 1.29 is 14.3 Å². The molecule has 0 spiro atoms. The van der Waals surface area contributed by atoms with Gasteiger partial charge in [0.25, 0.3) is 5.56 Å². The highest BCUT2D eigenvalue weighted by molar-refractivity contribution is 14.1. The van der Waals surface area contributed by atoms with E-state index in [0.29, 0.717) is 44.4 Å². The first-order valence-electron chi connectivity index (χ1n) is 12.3. The van der Waals surface area contributed by atoms with Crippen molar-refractivity contribution in [1.29, 1.82) is 0 Å². The van der Waals surface area contributed by atoms with Gasteiger partial charge in [0.2, 0.25) is 0 Å². The van der Waals surface area contributed by atoms with Crippen molar-refractivity contribution in [2.45, 2.75) is 26.0 Å². The normalized spacial score (nSPS) is 15.0. The third-order valence-corrected chi connectivity index (χ3v) is 9.00. The first-order chi connectivity index (χ1) is 19.3. The molecule has 3 aromatic carbocycles. The summed E-state index contributed by atoms with van der Waals surface area (Å²) >= 11 is 12.0. The molecule has 6 nitrogen and oxygen atoms in total. The van der Waals surface area contributed by atoms with Crippen LogP contribution in [0.3, 0.4) is 0 Å². The van der Waals surface area contributed by atoms with Gasteiger partial charge in [0, 0.05) is 14.2 Å². The molecule has 0 saturated heterocycles. The average molecular weight is 797 g/mol. The minimum atomic E-state index is -0.642. The van der Waals surface area contributed by atoms with Gasteiger partial charge < -0.3 is 9.47 Å². The molecule has 1 aliphatic rings. The average Bonchev–Trinajstić information content (AvgIpc) is 3.25. The molecule has 40 heavy (non-hydrogen) atoms. The van der Waals surface area contributed by atoms with Crippen LogP contribution in [0.15, 0.2) is 87.8 Å². The Morgan fingerprint density at radius 2 is 1.90 bits per heavy atom. The van der Waals surface area contributed by atoms with Gasteiger partial charge in [-0.1, -0.05) is 72.3 Å². The predicted octanol–water partition coefficient (Wildman–Crippen LogP) is 6.24. The Balaban J connectivity index is 1.66. The lowest BCUT2D eigenvalue weighted by Gasteiger charge is -2.25. The van der Waals surface area contributed by atoms with Crippen LogP contribution in [0, 0.1) is 7.14 Å². The Labute approximate surface area is 267 Å². The summed E-state index contributed by atoms with van der Waals surface area (Å²) < 4.78 is 15.4. The predicted molar refractivity (Wildman–Crippen MR) is 175 cm³/mol. The second-order valence-corrected chi connectivity index (χ2v) is 12.8. The van der Waals surface area contributed by atoms with E-state index in [4.69, 9.17) is 26.1 Å². The first kappa shape index (κ1) is 29.0. The fourth-order valence-corrected chi connectivity index (χ4v) is 7.85. The summed E-state index contributed by atoms with van der Waals surface area (Å²) in [6.45, 7) is 2.27. The first-order valence-corrected chi connectivity index (χ1v) is 15.7. The summed E-state index contributed by atoms with van der Waals surface area (Å²) in [5.41, 5.74) is 3.29. The Kier molecular flexibility index (Phi) is 9.13. The molecular weight excluding hydrogens is 774 g/mol. The molecular formula is C30H23ClI2N2O4S. The number of ether oxygens (including phenoxy) is 2. The highest BCUT2D eigenvalue weighted by Crippen LogP contribution is 2.32. The minimum absolute atomic E-state index is 0.233. The maximum atomic E-state index is 14.0. The van der Waals surface area contributed by atoms with E-state index in [9.17, 15) is 9.59 Å². The molecule has 0 bridgehead atoms. The number of fused-ring (bicyclic) bond motifs is 1. The molecule has 1 aromatic heterocycles. The summed E-state index contributed by atoms with van der Waals surface area (Å²) in [7, 11) is 1.35. The van der Waals surface area contributed by atoms with E-state index < -0.39 is 12.0 Å². The third kappa shape index (κ3) is 5.93. The molecule has 0 aliphatic carbocycles. The summed E-state index contributed by atoms with van der Waals surface area (Å²) in [4.78, 5) is 32.3. The van der Waals surface area contributed by atoms with Crippen LogP contribution in [-0.2, 0) is 16.1 Å². The van der Waals surface area contributed by atoms with E-state index in [1.54, 1.807) is 4.57 Å². The maximum Gasteiger partial charge on any atom is 0.338 e. The lowest BCUT2D eigenvalue weighted by atomic mass is 9.95. The number of hydrogen-bond donors (Lipinski definition) is 0. The highest BCUT2D eigenvalue weighted by atomic mass is 127. The number of methoxy groups -OCH3 is 1. The van der Waals surface area contributed by atoms with Gasteiger partial charge in [-0.2, -0.15) is 0 Å². The molecule has 204 valence electrons. The fourth-order valence-electron chi connectivity index (χ4n) is 4.58. The monoisotopic (exact) mass is 796 g/mol. The van der Waals surface area contributed by atoms with E-state index in [1.807, 2.05) is 79.7 Å². The number of esters is 1. The van der Waals surface area contributed by atoms with Gasteiger partial charge in [-0.15, -0.1) is 0 Å². The summed E-state index contributed by atoms with van der Waals surface area (Å²) in [6.07, 6.45) is 2.37. The van der Waals surface area contributed by atoms with E-state index in [0.717, 1.165) is 23.8 Å². The second kappa shape index (κ2) is 12.6. The summed E-state index contributed by atoms with van der Waals surface area (Å²) in [5.74, 6) is 0.184. The minimum Gasteiger partial charge on any atom is -0.487 e. The number of rotatable bonds is 7. The number of halogens is 3. The van der Waals surface area contributed by atoms with Crippen molar-refractivity contribution in [2.24, 2.45) is 4.99 Å². The Bertz CT molecular complexity index is 1820. The maximum absolute atomic E-state index is 14.0. The number of carbonyl (C=O) groups excluding carboxylic acids is 1. The Hall–Kier alpha value is -2.48. The lowest BCUT2D eigenvalue weighted by Crippen LogP contribution is -2.40. The standard InChI is InChI=1S/C30H23ClI2N2O4S/c1-3-23-25(29(37)38-2)26(18-9-5-4-6-10-18)35-28(36)24(40-30(35)34-23)14-19-13-21(32)15-22(33)27(19)39-16-17-8-7-11-20(31)12-17/h4-15,26H,3,16H2,1-2H3/b24-14+/t26-/m1/s1. The zero-order chi connectivity index (χ0) is 28.4. The number of carbonyl (C=O) groups is 1. The van der Waals surface area contributed by atoms with Gasteiger partial charge in [0.05, 0.1) is 32.5 Å². The van der Waals surface area contributed by atoms with Crippen molar-refractivity contribution in [3.8, 4) is 5.75 Å². The van der Waals surface area contributed by atoms with Gasteiger partial charge in [0.15, 0.2) is 4.80 Å². The molecule has 0 amide bonds. The van der Waals surface area contributed by atoms with Crippen LogP contribution in [-0.4, -0.2) is 17.6 Å². The van der Waals surface area contributed by atoms with Crippen molar-refractivity contribution in [3.05, 3.63) is 127 Å². The van der Waals surface area contributed by atoms with Gasteiger partial charge in [-0.25, -0.2) is 9.79 Å². The highest BCUT2D eigenvalue weighted by Gasteiger charge is 2.33. The van der Waals surface area contributed by atoms with Crippen LogP contribution < -0.4 is 19.6 Å². The molecule has 1 atom stereocenters. The zero-order valence-electron chi connectivity index (χ0n) is 21.5. The molecule has 0 unspecified atom stereocenters. The number of nitrogens with zero attached hydrogens (tertiary/aromatic N) is 2. The zero-order valence-corrected chi connectivity index (χ0v) is 27.4. The molecule has 10 heteroatoms. The molecule has 0 fully saturated rings. The number of benzene rings is 3. The fraction of sp³-hybridized carbons (Fsp3) is 0.167. The lowest BCUT2D eigenvalue weighted by molar-refractivity contribution is -0.136. The molecule has 4 aromatic rings. The van der Waals surface area contributed by atoms with Crippen molar-refractivity contribution in [1.82, 2.24) is 4.57 Å². The molecule has 0 N–H and O–H groups in total. The van der Waals surface area contributed by atoms with Gasteiger partial charge in [-0.3, -0.25) is 9.36 Å². The Morgan fingerprint density at radius 1 is 1.12 bits per heavy atom. The Morgan fingerprint density at radius 3 is 2.60 bits per heavy atom. The van der Waals surface area contributed by atoms with E-state index in [1.165, 1.54) is 18.4 Å². The van der Waals surface area contributed by atoms with Crippen molar-refractivity contribution in [2.75, 3.05) is 7.11 Å². The SMILES string of the molecule is CCC1=C(C(=O)OC)[C@@H](c2ccccc2)n2c(s/c(=C/c3cc(I)cc(I)c3OCc3cccc(Cl)c3)c2=O)=N1. The summed E-state index contributed by atoms with van der Waals surface area (Å²) in [6, 6.07) is 20.4. The van der Waals surface area contributed by atoms with E-state index >= 15 is 0 Å².